The van der Waals surface area contributed by atoms with E-state index in [-0.39, 0.29) is 0 Å². The third kappa shape index (κ3) is 2.22. The Hall–Kier alpha value is -0.680. The first kappa shape index (κ1) is 11.4. The summed E-state index contributed by atoms with van der Waals surface area (Å²) in [7, 11) is 3.93. The largest absolute Gasteiger partial charge is 0.389 e. The molecule has 0 aliphatic heterocycles. The van der Waals surface area contributed by atoms with Gasteiger partial charge in [0.1, 0.15) is 4.99 Å². The van der Waals surface area contributed by atoms with Crippen molar-refractivity contribution in [2.24, 2.45) is 5.73 Å². The van der Waals surface area contributed by atoms with Crippen molar-refractivity contribution in [2.75, 3.05) is 19.0 Å². The first-order chi connectivity index (χ1) is 6.43. The molecule has 2 N–H and O–H groups in total. The van der Waals surface area contributed by atoms with Gasteiger partial charge in [0.15, 0.2) is 5.13 Å². The number of thiocarbonyl (C=S) groups is 1. The molecular weight excluding hydrogens is 214 g/mol. The molecule has 0 unspecified atom stereocenters. The maximum atomic E-state index is 5.65. The van der Waals surface area contributed by atoms with Crippen LogP contribution >= 0.6 is 23.6 Å². The highest BCUT2D eigenvalue weighted by Crippen LogP contribution is 2.29. The molecule has 1 aromatic rings. The van der Waals surface area contributed by atoms with Crippen molar-refractivity contribution in [3.05, 3.63) is 10.6 Å². The Bertz CT molecular complexity index is 342. The number of rotatable bonds is 3. The van der Waals surface area contributed by atoms with E-state index < -0.39 is 0 Å². The van der Waals surface area contributed by atoms with E-state index in [1.165, 1.54) is 0 Å². The summed E-state index contributed by atoms with van der Waals surface area (Å²) >= 11 is 6.55. The zero-order valence-corrected chi connectivity index (χ0v) is 10.5. The van der Waals surface area contributed by atoms with Crippen LogP contribution in [0.2, 0.25) is 0 Å². The molecule has 0 saturated heterocycles. The van der Waals surface area contributed by atoms with Crippen LogP contribution in [0, 0.1) is 0 Å². The molecule has 1 aromatic heterocycles. The predicted molar refractivity (Wildman–Crippen MR) is 66.4 cm³/mol. The second-order valence-corrected chi connectivity index (χ2v) is 5.04. The van der Waals surface area contributed by atoms with E-state index in [2.05, 4.69) is 18.8 Å². The van der Waals surface area contributed by atoms with Crippen molar-refractivity contribution in [3.8, 4) is 0 Å². The average Bonchev–Trinajstić information content (AvgIpc) is 2.47. The highest BCUT2D eigenvalue weighted by Gasteiger charge is 2.16. The second-order valence-electron chi connectivity index (χ2n) is 3.62. The number of nitrogens with two attached hydrogens (primary N) is 1. The zero-order valence-electron chi connectivity index (χ0n) is 8.87. The first-order valence-corrected chi connectivity index (χ1v) is 5.63. The van der Waals surface area contributed by atoms with E-state index in [0.717, 1.165) is 15.7 Å². The maximum absolute atomic E-state index is 5.65. The fourth-order valence-electron chi connectivity index (χ4n) is 1.08. The van der Waals surface area contributed by atoms with Crippen LogP contribution in [-0.4, -0.2) is 24.1 Å². The Labute approximate surface area is 93.9 Å². The van der Waals surface area contributed by atoms with Crippen LogP contribution in [0.5, 0.6) is 0 Å². The Morgan fingerprint density at radius 1 is 1.50 bits per heavy atom. The molecule has 0 saturated carbocycles. The van der Waals surface area contributed by atoms with E-state index in [1.54, 1.807) is 11.3 Å². The molecule has 0 amide bonds. The molecule has 78 valence electrons. The van der Waals surface area contributed by atoms with Gasteiger partial charge in [-0.15, -0.1) is 0 Å². The van der Waals surface area contributed by atoms with E-state index in [9.17, 15) is 0 Å². The number of thiazole rings is 1. The van der Waals surface area contributed by atoms with E-state index in [4.69, 9.17) is 18.0 Å². The predicted octanol–water partition coefficient (Wildman–Crippen LogP) is 1.97. The third-order valence-corrected chi connectivity index (χ3v) is 3.40. The summed E-state index contributed by atoms with van der Waals surface area (Å²) in [6.07, 6.45) is 0. The van der Waals surface area contributed by atoms with Gasteiger partial charge in [-0.2, -0.15) is 0 Å². The third-order valence-electron chi connectivity index (χ3n) is 1.80. The minimum absolute atomic E-state index is 0.358. The van der Waals surface area contributed by atoms with Crippen LogP contribution in [0.1, 0.15) is 30.3 Å². The molecule has 0 aliphatic rings. The molecule has 1 heterocycles. The number of hydrogen-bond acceptors (Lipinski definition) is 4. The SMILES string of the molecule is CC(C)c1nc(N(C)C)sc1C(N)=S. The number of anilines is 1. The van der Waals surface area contributed by atoms with Gasteiger partial charge in [-0.05, 0) is 5.92 Å². The van der Waals surface area contributed by atoms with Gasteiger partial charge in [-0.3, -0.25) is 0 Å². The van der Waals surface area contributed by atoms with Crippen molar-refractivity contribution in [3.63, 3.8) is 0 Å². The van der Waals surface area contributed by atoms with Crippen molar-refractivity contribution in [1.29, 1.82) is 0 Å². The highest BCUT2D eigenvalue weighted by molar-refractivity contribution is 7.81. The topological polar surface area (TPSA) is 42.2 Å². The molecule has 3 nitrogen and oxygen atoms in total. The van der Waals surface area contributed by atoms with Gasteiger partial charge < -0.3 is 10.6 Å². The summed E-state index contributed by atoms with van der Waals surface area (Å²) in [4.78, 5) is 7.86. The first-order valence-electron chi connectivity index (χ1n) is 4.41. The lowest BCUT2D eigenvalue weighted by atomic mass is 10.1. The standard InChI is InChI=1S/C9H15N3S2/c1-5(2)6-7(8(10)13)14-9(11-6)12(3)4/h5H,1-4H3,(H2,10,13). The summed E-state index contributed by atoms with van der Waals surface area (Å²) in [6.45, 7) is 4.19. The van der Waals surface area contributed by atoms with Crippen molar-refractivity contribution >= 4 is 33.7 Å². The van der Waals surface area contributed by atoms with Crippen molar-refractivity contribution < 1.29 is 0 Å². The Balaban J connectivity index is 3.19. The van der Waals surface area contributed by atoms with Crippen molar-refractivity contribution in [2.45, 2.75) is 19.8 Å². The molecule has 0 aliphatic carbocycles. The lowest BCUT2D eigenvalue weighted by Crippen LogP contribution is -2.10. The molecule has 1 rings (SSSR count). The fourth-order valence-corrected chi connectivity index (χ4v) is 2.30. The van der Waals surface area contributed by atoms with Gasteiger partial charge in [0.05, 0.1) is 10.6 Å². The van der Waals surface area contributed by atoms with E-state index in [1.807, 2.05) is 19.0 Å². The lowest BCUT2D eigenvalue weighted by Gasteiger charge is -2.05. The maximum Gasteiger partial charge on any atom is 0.185 e. The molecule has 0 fully saturated rings. The molecule has 5 heteroatoms. The molecule has 0 bridgehead atoms. The summed E-state index contributed by atoms with van der Waals surface area (Å²) in [5.74, 6) is 0.358. The molecular formula is C9H15N3S2. The van der Waals surface area contributed by atoms with Gasteiger partial charge in [-0.25, -0.2) is 4.98 Å². The molecule has 0 radical (unpaired) electrons. The van der Waals surface area contributed by atoms with Crippen LogP contribution in [0.25, 0.3) is 0 Å². The van der Waals surface area contributed by atoms with E-state index >= 15 is 0 Å². The monoisotopic (exact) mass is 229 g/mol. The number of nitrogens with zero attached hydrogens (tertiary/aromatic N) is 2. The Morgan fingerprint density at radius 2 is 2.07 bits per heavy atom. The van der Waals surface area contributed by atoms with Gasteiger partial charge >= 0.3 is 0 Å². The van der Waals surface area contributed by atoms with Gasteiger partial charge in [0.25, 0.3) is 0 Å². The average molecular weight is 229 g/mol. The minimum Gasteiger partial charge on any atom is -0.389 e. The van der Waals surface area contributed by atoms with Gasteiger partial charge in [0, 0.05) is 14.1 Å². The number of aromatic nitrogens is 1. The molecule has 14 heavy (non-hydrogen) atoms. The van der Waals surface area contributed by atoms with Crippen LogP contribution in [0.4, 0.5) is 5.13 Å². The van der Waals surface area contributed by atoms with Crippen molar-refractivity contribution in [1.82, 2.24) is 4.98 Å². The minimum atomic E-state index is 0.358. The smallest absolute Gasteiger partial charge is 0.185 e. The van der Waals surface area contributed by atoms with Crippen LogP contribution in [0.3, 0.4) is 0 Å². The second kappa shape index (κ2) is 4.23. The lowest BCUT2D eigenvalue weighted by molar-refractivity contribution is 0.828. The normalized spacial score (nSPS) is 10.6. The summed E-state index contributed by atoms with van der Waals surface area (Å²) in [5.41, 5.74) is 6.65. The number of hydrogen-bond donors (Lipinski definition) is 1. The van der Waals surface area contributed by atoms with Gasteiger partial charge in [0.2, 0.25) is 0 Å². The summed E-state index contributed by atoms with van der Waals surface area (Å²) in [5, 5.41) is 0.955. The zero-order chi connectivity index (χ0) is 10.9. The fraction of sp³-hybridized carbons (Fsp3) is 0.556. The quantitative estimate of drug-likeness (QED) is 0.805. The van der Waals surface area contributed by atoms with Gasteiger partial charge in [-0.1, -0.05) is 37.4 Å². The Kier molecular flexibility index (Phi) is 3.44. The molecule has 0 spiro atoms. The Morgan fingerprint density at radius 3 is 2.36 bits per heavy atom. The molecule has 0 aromatic carbocycles. The molecule has 0 atom stereocenters. The van der Waals surface area contributed by atoms with E-state index in [0.29, 0.717) is 10.9 Å². The summed E-state index contributed by atoms with van der Waals surface area (Å²) < 4.78 is 0. The van der Waals surface area contributed by atoms with Crippen LogP contribution in [-0.2, 0) is 0 Å². The highest BCUT2D eigenvalue weighted by atomic mass is 32.1. The van der Waals surface area contributed by atoms with Crippen LogP contribution in [0.15, 0.2) is 0 Å². The summed E-state index contributed by atoms with van der Waals surface area (Å²) in [6, 6.07) is 0. The van der Waals surface area contributed by atoms with Crippen LogP contribution < -0.4 is 10.6 Å².